The standard InChI is InChI=1S/C40H42N8O4/c49-47(50)35-13-5-11-33-37(35)39(29-7-1-3-9-31(29)43-33)41-19-25-45-21-15-27(16-22-45)28-17-23-46(24-18-28)26-20-42-40-30-8-2-4-10-32(30)44-34-12-6-14-36(38(34)40)48(51)52/h1-14,27-28H,15-26H2,(H,41,43)(H,42,44). The molecule has 0 spiro atoms. The minimum atomic E-state index is -0.322. The van der Waals surface area contributed by atoms with Crippen molar-refractivity contribution in [3.05, 3.63) is 105 Å². The Morgan fingerprint density at radius 3 is 1.35 bits per heavy atom. The van der Waals surface area contributed by atoms with Crippen molar-refractivity contribution in [2.24, 2.45) is 11.8 Å². The average molecular weight is 699 g/mol. The van der Waals surface area contributed by atoms with Gasteiger partial charge in [-0.1, -0.05) is 48.5 Å². The summed E-state index contributed by atoms with van der Waals surface area (Å²) in [6, 6.07) is 25.8. The minimum Gasteiger partial charge on any atom is -0.382 e. The molecule has 12 heteroatoms. The summed E-state index contributed by atoms with van der Waals surface area (Å²) < 4.78 is 0. The van der Waals surface area contributed by atoms with E-state index in [0.717, 1.165) is 84.3 Å². The molecule has 2 aromatic heterocycles. The summed E-state index contributed by atoms with van der Waals surface area (Å²) >= 11 is 0. The van der Waals surface area contributed by atoms with Crippen LogP contribution < -0.4 is 10.6 Å². The summed E-state index contributed by atoms with van der Waals surface area (Å²) in [5, 5.41) is 33.9. The predicted octanol–water partition coefficient (Wildman–Crippen LogP) is 7.85. The summed E-state index contributed by atoms with van der Waals surface area (Å²) in [6.45, 7) is 7.41. The number of hydrogen-bond donors (Lipinski definition) is 2. The molecule has 2 aliphatic heterocycles. The van der Waals surface area contributed by atoms with Crippen LogP contribution in [-0.2, 0) is 0 Å². The Labute approximate surface area is 301 Å². The van der Waals surface area contributed by atoms with E-state index in [4.69, 9.17) is 9.97 Å². The SMILES string of the molecule is O=[N+]([O-])c1cccc2nc3ccccc3c(NCCN3CCC(C4CCN(CCNc5c6ccccc6nc6cccc([N+](=O)[O-])c56)CC4)CC3)c12. The lowest BCUT2D eigenvalue weighted by Crippen LogP contribution is -2.42. The first-order chi connectivity index (χ1) is 25.4. The molecule has 0 bridgehead atoms. The molecule has 0 amide bonds. The van der Waals surface area contributed by atoms with Gasteiger partial charge in [-0.25, -0.2) is 9.97 Å². The number of para-hydroxylation sites is 2. The lowest BCUT2D eigenvalue weighted by Gasteiger charge is -2.40. The van der Waals surface area contributed by atoms with Crippen LogP contribution in [0.1, 0.15) is 25.7 Å². The Kier molecular flexibility index (Phi) is 9.48. The van der Waals surface area contributed by atoms with Crippen molar-refractivity contribution in [2.45, 2.75) is 25.7 Å². The molecule has 6 aromatic rings. The van der Waals surface area contributed by atoms with Crippen LogP contribution in [0.3, 0.4) is 0 Å². The third kappa shape index (κ3) is 6.67. The maximum Gasteiger partial charge on any atom is 0.280 e. The Balaban J connectivity index is 0.834. The number of piperidine rings is 2. The molecule has 0 aliphatic carbocycles. The van der Waals surface area contributed by atoms with E-state index in [1.54, 1.807) is 24.3 Å². The normalized spacial score (nSPS) is 16.5. The number of anilines is 2. The molecule has 2 N–H and O–H groups in total. The number of nitro benzene ring substituents is 2. The number of nitrogens with one attached hydrogen (secondary N) is 2. The molecule has 12 nitrogen and oxygen atoms in total. The van der Waals surface area contributed by atoms with Gasteiger partial charge in [0.25, 0.3) is 11.4 Å². The molecule has 266 valence electrons. The second-order valence-corrected chi connectivity index (χ2v) is 14.1. The van der Waals surface area contributed by atoms with Gasteiger partial charge >= 0.3 is 0 Å². The van der Waals surface area contributed by atoms with E-state index in [1.807, 2.05) is 60.7 Å². The van der Waals surface area contributed by atoms with Crippen LogP contribution in [0.5, 0.6) is 0 Å². The Morgan fingerprint density at radius 2 is 0.942 bits per heavy atom. The molecule has 0 unspecified atom stereocenters. The molecular weight excluding hydrogens is 656 g/mol. The van der Waals surface area contributed by atoms with Gasteiger partial charge in [0.05, 0.1) is 43.3 Å². The second-order valence-electron chi connectivity index (χ2n) is 14.1. The van der Waals surface area contributed by atoms with Gasteiger partial charge in [0.2, 0.25) is 0 Å². The first-order valence-electron chi connectivity index (χ1n) is 18.3. The third-order valence-corrected chi connectivity index (χ3v) is 11.2. The number of pyridine rings is 2. The van der Waals surface area contributed by atoms with E-state index in [2.05, 4.69) is 20.4 Å². The summed E-state index contributed by atoms with van der Waals surface area (Å²) in [5.41, 5.74) is 4.61. The van der Waals surface area contributed by atoms with Gasteiger partial charge in [-0.3, -0.25) is 20.2 Å². The van der Waals surface area contributed by atoms with Gasteiger partial charge in [-0.15, -0.1) is 0 Å². The Morgan fingerprint density at radius 1 is 0.558 bits per heavy atom. The monoisotopic (exact) mass is 698 g/mol. The molecule has 4 heterocycles. The number of rotatable bonds is 11. The zero-order chi connectivity index (χ0) is 35.6. The zero-order valence-corrected chi connectivity index (χ0v) is 29.0. The number of nitrogens with zero attached hydrogens (tertiary/aromatic N) is 6. The van der Waals surface area contributed by atoms with E-state index in [-0.39, 0.29) is 21.2 Å². The van der Waals surface area contributed by atoms with Gasteiger partial charge < -0.3 is 20.4 Å². The molecule has 52 heavy (non-hydrogen) atoms. The van der Waals surface area contributed by atoms with Crippen molar-refractivity contribution in [3.8, 4) is 0 Å². The number of non-ortho nitro benzene ring substituents is 2. The second kappa shape index (κ2) is 14.6. The molecular formula is C40H42N8O4. The van der Waals surface area contributed by atoms with Crippen molar-refractivity contribution in [1.82, 2.24) is 19.8 Å². The van der Waals surface area contributed by atoms with E-state index >= 15 is 0 Å². The number of fused-ring (bicyclic) bond motifs is 4. The Hall–Kier alpha value is -5.46. The lowest BCUT2D eigenvalue weighted by molar-refractivity contribution is -0.383. The van der Waals surface area contributed by atoms with Crippen LogP contribution >= 0.6 is 0 Å². The fraction of sp³-hybridized carbons (Fsp3) is 0.350. The Bertz CT molecular complexity index is 2120. The zero-order valence-electron chi connectivity index (χ0n) is 29.0. The molecule has 0 radical (unpaired) electrons. The number of nitro groups is 2. The third-order valence-electron chi connectivity index (χ3n) is 11.2. The van der Waals surface area contributed by atoms with Crippen LogP contribution in [0, 0.1) is 32.1 Å². The van der Waals surface area contributed by atoms with Crippen LogP contribution in [-0.4, -0.2) is 82.0 Å². The van der Waals surface area contributed by atoms with Gasteiger partial charge in [0.15, 0.2) is 0 Å². The predicted molar refractivity (Wildman–Crippen MR) is 207 cm³/mol. The molecule has 2 aliphatic rings. The number of aromatic nitrogens is 2. The van der Waals surface area contributed by atoms with Crippen LogP contribution in [0.4, 0.5) is 22.7 Å². The van der Waals surface area contributed by atoms with E-state index in [0.29, 0.717) is 34.9 Å². The summed E-state index contributed by atoms with van der Waals surface area (Å²) in [4.78, 5) is 37.7. The van der Waals surface area contributed by atoms with Gasteiger partial charge in [-0.2, -0.15) is 0 Å². The topological polar surface area (TPSA) is 143 Å². The largest absolute Gasteiger partial charge is 0.382 e. The highest BCUT2D eigenvalue weighted by Gasteiger charge is 2.30. The first kappa shape index (κ1) is 33.7. The molecule has 4 aromatic carbocycles. The average Bonchev–Trinajstić information content (AvgIpc) is 3.17. The van der Waals surface area contributed by atoms with Crippen LogP contribution in [0.25, 0.3) is 43.6 Å². The van der Waals surface area contributed by atoms with Crippen LogP contribution in [0.15, 0.2) is 84.9 Å². The summed E-state index contributed by atoms with van der Waals surface area (Å²) in [6.07, 6.45) is 4.78. The molecule has 0 saturated carbocycles. The van der Waals surface area contributed by atoms with Gasteiger partial charge in [-0.05, 0) is 88.0 Å². The highest BCUT2D eigenvalue weighted by atomic mass is 16.6. The quantitative estimate of drug-likeness (QED) is 0.0780. The first-order valence-corrected chi connectivity index (χ1v) is 18.3. The molecule has 2 fully saturated rings. The van der Waals surface area contributed by atoms with E-state index < -0.39 is 0 Å². The van der Waals surface area contributed by atoms with Crippen molar-refractivity contribution >= 4 is 66.4 Å². The van der Waals surface area contributed by atoms with Crippen molar-refractivity contribution < 1.29 is 9.85 Å². The van der Waals surface area contributed by atoms with E-state index in [1.165, 1.54) is 25.7 Å². The van der Waals surface area contributed by atoms with Crippen molar-refractivity contribution in [1.29, 1.82) is 0 Å². The maximum atomic E-state index is 11.9. The van der Waals surface area contributed by atoms with Gasteiger partial charge in [0.1, 0.15) is 10.8 Å². The molecule has 0 atom stereocenters. The lowest BCUT2D eigenvalue weighted by atomic mass is 9.79. The summed E-state index contributed by atoms with van der Waals surface area (Å²) in [7, 11) is 0. The fourth-order valence-electron chi connectivity index (χ4n) is 8.49. The summed E-state index contributed by atoms with van der Waals surface area (Å²) in [5.74, 6) is 1.46. The number of benzene rings is 4. The van der Waals surface area contributed by atoms with E-state index in [9.17, 15) is 20.2 Å². The van der Waals surface area contributed by atoms with Crippen molar-refractivity contribution in [3.63, 3.8) is 0 Å². The van der Waals surface area contributed by atoms with Crippen molar-refractivity contribution in [2.75, 3.05) is 63.0 Å². The maximum absolute atomic E-state index is 11.9. The highest BCUT2D eigenvalue weighted by molar-refractivity contribution is 6.12. The highest BCUT2D eigenvalue weighted by Crippen LogP contribution is 2.38. The smallest absolute Gasteiger partial charge is 0.280 e. The fourth-order valence-corrected chi connectivity index (χ4v) is 8.49. The molecule has 2 saturated heterocycles. The number of likely N-dealkylation sites (tertiary alicyclic amines) is 2. The molecule has 8 rings (SSSR count). The van der Waals surface area contributed by atoms with Gasteiger partial charge in [0, 0.05) is 49.1 Å². The van der Waals surface area contributed by atoms with Crippen LogP contribution in [0.2, 0.25) is 0 Å². The number of hydrogen-bond acceptors (Lipinski definition) is 10. The minimum absolute atomic E-state index is 0.0728.